The molecule has 22 heavy (non-hydrogen) atoms. The molecule has 0 saturated carbocycles. The summed E-state index contributed by atoms with van der Waals surface area (Å²) in [6.45, 7) is 4.43. The van der Waals surface area contributed by atoms with Crippen molar-refractivity contribution < 1.29 is 9.59 Å². The minimum absolute atomic E-state index is 0.00245. The van der Waals surface area contributed by atoms with Crippen LogP contribution in [0.3, 0.4) is 0 Å². The largest absolute Gasteiger partial charge is 0.338 e. The van der Waals surface area contributed by atoms with E-state index in [1.165, 1.54) is 11.8 Å². The van der Waals surface area contributed by atoms with Gasteiger partial charge in [-0.3, -0.25) is 9.59 Å². The van der Waals surface area contributed by atoms with Gasteiger partial charge in [0.05, 0.1) is 10.9 Å². The fraction of sp³-hybridized carbons (Fsp3) is 0.500. The van der Waals surface area contributed by atoms with E-state index in [4.69, 9.17) is 0 Å². The molecular formula is C16H21N3O2S. The van der Waals surface area contributed by atoms with E-state index in [0.717, 1.165) is 36.6 Å². The zero-order valence-corrected chi connectivity index (χ0v) is 13.7. The first-order valence-corrected chi connectivity index (χ1v) is 8.52. The number of thioether (sulfide) groups is 1. The molecule has 0 unspecified atom stereocenters. The molecule has 2 N–H and O–H groups in total. The van der Waals surface area contributed by atoms with Gasteiger partial charge in [-0.25, -0.2) is 0 Å². The van der Waals surface area contributed by atoms with Crippen molar-refractivity contribution in [3.05, 3.63) is 23.8 Å². The maximum absolute atomic E-state index is 12.6. The second-order valence-corrected chi connectivity index (χ2v) is 7.31. The zero-order valence-electron chi connectivity index (χ0n) is 12.9. The van der Waals surface area contributed by atoms with Gasteiger partial charge >= 0.3 is 0 Å². The first-order valence-electron chi connectivity index (χ1n) is 7.64. The molecular weight excluding hydrogens is 298 g/mol. The molecule has 2 amide bonds. The number of nitrogens with one attached hydrogen (secondary N) is 2. The summed E-state index contributed by atoms with van der Waals surface area (Å²) < 4.78 is 0. The molecule has 118 valence electrons. The van der Waals surface area contributed by atoms with E-state index in [0.29, 0.717) is 11.5 Å². The molecule has 0 bridgehead atoms. The van der Waals surface area contributed by atoms with Crippen molar-refractivity contribution in [2.24, 2.45) is 5.92 Å². The van der Waals surface area contributed by atoms with Crippen molar-refractivity contribution in [1.82, 2.24) is 10.2 Å². The highest BCUT2D eigenvalue weighted by molar-refractivity contribution is 8.00. The van der Waals surface area contributed by atoms with E-state index in [1.807, 2.05) is 31.0 Å². The fourth-order valence-electron chi connectivity index (χ4n) is 3.00. The van der Waals surface area contributed by atoms with E-state index < -0.39 is 0 Å². The number of benzene rings is 1. The molecule has 0 radical (unpaired) electrons. The van der Waals surface area contributed by atoms with Crippen molar-refractivity contribution >= 4 is 29.3 Å². The Morgan fingerprint density at radius 1 is 1.50 bits per heavy atom. The van der Waals surface area contributed by atoms with Gasteiger partial charge < -0.3 is 15.5 Å². The van der Waals surface area contributed by atoms with E-state index >= 15 is 0 Å². The van der Waals surface area contributed by atoms with Crippen molar-refractivity contribution in [3.8, 4) is 0 Å². The number of likely N-dealkylation sites (tertiary alicyclic amines) is 1. The molecule has 1 aromatic rings. The fourth-order valence-corrected chi connectivity index (χ4v) is 3.93. The van der Waals surface area contributed by atoms with Gasteiger partial charge in [0.25, 0.3) is 5.91 Å². The quantitative estimate of drug-likeness (QED) is 0.892. The van der Waals surface area contributed by atoms with Crippen LogP contribution in [0.2, 0.25) is 0 Å². The van der Waals surface area contributed by atoms with E-state index in [9.17, 15) is 9.59 Å². The van der Waals surface area contributed by atoms with Gasteiger partial charge in [-0.2, -0.15) is 0 Å². The molecule has 1 fully saturated rings. The smallest absolute Gasteiger partial charge is 0.253 e. The van der Waals surface area contributed by atoms with Crippen molar-refractivity contribution in [3.63, 3.8) is 0 Å². The van der Waals surface area contributed by atoms with E-state index in [2.05, 4.69) is 10.6 Å². The Hall–Kier alpha value is -1.53. The highest BCUT2D eigenvalue weighted by Crippen LogP contribution is 2.36. The summed E-state index contributed by atoms with van der Waals surface area (Å²) in [5, 5.41) is 5.97. The molecule has 5 nitrogen and oxygen atoms in total. The third-order valence-electron chi connectivity index (χ3n) is 4.22. The molecule has 1 saturated heterocycles. The van der Waals surface area contributed by atoms with Crippen LogP contribution < -0.4 is 10.6 Å². The number of amides is 2. The lowest BCUT2D eigenvalue weighted by atomic mass is 10.1. The number of rotatable bonds is 3. The average Bonchev–Trinajstić information content (AvgIpc) is 2.96. The average molecular weight is 319 g/mol. The number of hydrogen-bond acceptors (Lipinski definition) is 4. The summed E-state index contributed by atoms with van der Waals surface area (Å²) in [6, 6.07) is 5.61. The lowest BCUT2D eigenvalue weighted by Gasteiger charge is -2.23. The number of fused-ring (bicyclic) bond motifs is 1. The zero-order chi connectivity index (χ0) is 15.7. The number of nitrogens with zero attached hydrogens (tertiary/aromatic N) is 1. The predicted octanol–water partition coefficient (Wildman–Crippen LogP) is 1.80. The number of carbonyl (C=O) groups is 2. The van der Waals surface area contributed by atoms with E-state index in [-0.39, 0.29) is 17.1 Å². The molecule has 2 atom stereocenters. The summed E-state index contributed by atoms with van der Waals surface area (Å²) in [5.41, 5.74) is 1.41. The maximum Gasteiger partial charge on any atom is 0.253 e. The van der Waals surface area contributed by atoms with Crippen LogP contribution in [0.4, 0.5) is 5.69 Å². The highest BCUT2D eigenvalue weighted by atomic mass is 32.2. The van der Waals surface area contributed by atoms with Crippen LogP contribution in [0.25, 0.3) is 0 Å². The van der Waals surface area contributed by atoms with Crippen LogP contribution in [-0.4, -0.2) is 48.6 Å². The summed E-state index contributed by atoms with van der Waals surface area (Å²) >= 11 is 1.53. The van der Waals surface area contributed by atoms with Crippen LogP contribution in [0, 0.1) is 5.92 Å². The van der Waals surface area contributed by atoms with Gasteiger partial charge in [0.1, 0.15) is 0 Å². The predicted molar refractivity (Wildman–Crippen MR) is 88.3 cm³/mol. The Morgan fingerprint density at radius 2 is 2.32 bits per heavy atom. The highest BCUT2D eigenvalue weighted by Gasteiger charge is 2.28. The van der Waals surface area contributed by atoms with E-state index in [1.54, 1.807) is 6.07 Å². The Bertz CT molecular complexity index is 605. The molecule has 0 spiro atoms. The third kappa shape index (κ3) is 2.98. The monoisotopic (exact) mass is 319 g/mol. The van der Waals surface area contributed by atoms with Crippen LogP contribution in [-0.2, 0) is 4.79 Å². The molecule has 0 aromatic heterocycles. The third-order valence-corrected chi connectivity index (χ3v) is 5.40. The Kier molecular flexibility index (Phi) is 4.40. The first kappa shape index (κ1) is 15.4. The van der Waals surface area contributed by atoms with Crippen molar-refractivity contribution in [2.45, 2.75) is 23.5 Å². The van der Waals surface area contributed by atoms with Crippen LogP contribution >= 0.6 is 11.8 Å². The second-order valence-electron chi connectivity index (χ2n) is 5.92. The van der Waals surface area contributed by atoms with Crippen LogP contribution in [0.15, 0.2) is 23.1 Å². The normalized spacial score (nSPS) is 24.1. The lowest BCUT2D eigenvalue weighted by Crippen LogP contribution is -2.31. The summed E-state index contributed by atoms with van der Waals surface area (Å²) in [6.07, 6.45) is 1.04. The molecule has 2 heterocycles. The van der Waals surface area contributed by atoms with Crippen molar-refractivity contribution in [1.29, 1.82) is 0 Å². The standard InChI is InChI=1S/C16H21N3O2S/c1-10-15(20)18-13-7-12(3-4-14(13)22-10)16(21)19-6-5-11(9-19)8-17-2/h3-4,7,10-11,17H,5-6,8-9H2,1-2H3,(H,18,20)/t10-,11-/m0/s1. The Morgan fingerprint density at radius 3 is 3.09 bits per heavy atom. The number of carbonyl (C=O) groups excluding carboxylic acids is 2. The summed E-state index contributed by atoms with van der Waals surface area (Å²) in [4.78, 5) is 27.3. The molecule has 1 aromatic carbocycles. The summed E-state index contributed by atoms with van der Waals surface area (Å²) in [5.74, 6) is 0.583. The SMILES string of the molecule is CNC[C@@H]1CCN(C(=O)c2ccc3c(c2)NC(=O)[C@H](C)S3)C1. The minimum Gasteiger partial charge on any atom is -0.338 e. The van der Waals surface area contributed by atoms with Crippen LogP contribution in [0.5, 0.6) is 0 Å². The maximum atomic E-state index is 12.6. The Labute approximate surface area is 134 Å². The van der Waals surface area contributed by atoms with Crippen LogP contribution in [0.1, 0.15) is 23.7 Å². The summed E-state index contributed by atoms with van der Waals surface area (Å²) in [7, 11) is 1.94. The van der Waals surface area contributed by atoms with Gasteiger partial charge in [0, 0.05) is 23.5 Å². The first-order chi connectivity index (χ1) is 10.6. The minimum atomic E-state index is -0.0880. The second kappa shape index (κ2) is 6.30. The molecule has 2 aliphatic heterocycles. The Balaban J connectivity index is 1.74. The van der Waals surface area contributed by atoms with Gasteiger partial charge in [-0.1, -0.05) is 0 Å². The number of hydrogen-bond donors (Lipinski definition) is 2. The van der Waals surface area contributed by atoms with Crippen molar-refractivity contribution in [2.75, 3.05) is 32.0 Å². The van der Waals surface area contributed by atoms with Gasteiger partial charge in [0.2, 0.25) is 5.91 Å². The van der Waals surface area contributed by atoms with Gasteiger partial charge in [0.15, 0.2) is 0 Å². The topological polar surface area (TPSA) is 61.4 Å². The number of anilines is 1. The lowest BCUT2D eigenvalue weighted by molar-refractivity contribution is -0.115. The molecule has 0 aliphatic carbocycles. The molecule has 2 aliphatic rings. The molecule has 6 heteroatoms. The van der Waals surface area contributed by atoms with Gasteiger partial charge in [-0.05, 0) is 51.1 Å². The molecule has 3 rings (SSSR count). The van der Waals surface area contributed by atoms with Gasteiger partial charge in [-0.15, -0.1) is 11.8 Å².